The molecule has 4 heteroatoms. The highest BCUT2D eigenvalue weighted by atomic mass is 16.5. The number of carboxylic acid groups (broad SMARTS) is 1. The summed E-state index contributed by atoms with van der Waals surface area (Å²) in [5.74, 6) is 0.848. The van der Waals surface area contributed by atoms with Gasteiger partial charge in [-0.15, -0.1) is 0 Å². The highest BCUT2D eigenvalue weighted by Crippen LogP contribution is 2.30. The van der Waals surface area contributed by atoms with Gasteiger partial charge in [0.25, 0.3) is 0 Å². The fourth-order valence-corrected chi connectivity index (χ4v) is 3.67. The number of rotatable bonds is 12. The molecule has 0 aromatic heterocycles. The summed E-state index contributed by atoms with van der Waals surface area (Å²) in [5, 5.41) is 8.81. The van der Waals surface area contributed by atoms with Crippen molar-refractivity contribution in [2.45, 2.75) is 70.6 Å². The maximum absolute atomic E-state index is 10.7. The lowest BCUT2D eigenvalue weighted by atomic mass is 9.89. The normalized spacial score (nSPS) is 15.9. The average Bonchev–Trinajstić information content (AvgIpc) is 2.66. The van der Waals surface area contributed by atoms with Crippen LogP contribution in [0.4, 0.5) is 0 Å². The van der Waals surface area contributed by atoms with E-state index in [2.05, 4.69) is 36.1 Å². The Balaban J connectivity index is 1.69. The smallest absolute Gasteiger partial charge is 0.304 e. The molecule has 1 aliphatic rings. The standard InChI is InChI=1S/C22H35NO3/c1-2-3-4-5-6-7-17-26-21-10-8-9-20(18-21)19-11-14-23(15-12-19)16-13-22(24)25/h8-10,18-19H,2-7,11-17H2,1H3,(H,24,25). The first-order valence-electron chi connectivity index (χ1n) is 10.4. The number of aliphatic carboxylic acids is 1. The summed E-state index contributed by atoms with van der Waals surface area (Å²) in [6.07, 6.45) is 10.1. The molecular weight excluding hydrogens is 326 g/mol. The molecule has 1 aromatic rings. The largest absolute Gasteiger partial charge is 0.494 e. The predicted octanol–water partition coefficient (Wildman–Crippen LogP) is 5.08. The van der Waals surface area contributed by atoms with Crippen LogP contribution < -0.4 is 4.74 Å². The zero-order chi connectivity index (χ0) is 18.6. The van der Waals surface area contributed by atoms with Crippen LogP contribution in [0.2, 0.25) is 0 Å². The molecule has 0 radical (unpaired) electrons. The molecule has 0 atom stereocenters. The molecule has 2 rings (SSSR count). The van der Waals surface area contributed by atoms with Gasteiger partial charge < -0.3 is 14.7 Å². The molecule has 1 saturated heterocycles. The summed E-state index contributed by atoms with van der Waals surface area (Å²) in [5.41, 5.74) is 1.36. The number of nitrogens with zero attached hydrogens (tertiary/aromatic N) is 1. The van der Waals surface area contributed by atoms with Gasteiger partial charge in [0, 0.05) is 6.54 Å². The number of hydrogen-bond donors (Lipinski definition) is 1. The Labute approximate surface area is 158 Å². The highest BCUT2D eigenvalue weighted by Gasteiger charge is 2.21. The van der Waals surface area contributed by atoms with Crippen molar-refractivity contribution in [2.75, 3.05) is 26.2 Å². The molecule has 0 aliphatic carbocycles. The van der Waals surface area contributed by atoms with E-state index in [9.17, 15) is 4.79 Å². The molecule has 1 fully saturated rings. The Morgan fingerprint density at radius 1 is 1.15 bits per heavy atom. The van der Waals surface area contributed by atoms with Crippen molar-refractivity contribution < 1.29 is 14.6 Å². The summed E-state index contributed by atoms with van der Waals surface area (Å²) in [6, 6.07) is 8.56. The van der Waals surface area contributed by atoms with Gasteiger partial charge in [0.1, 0.15) is 5.75 Å². The lowest BCUT2D eigenvalue weighted by Gasteiger charge is -2.31. The van der Waals surface area contributed by atoms with Crippen LogP contribution in [-0.2, 0) is 4.79 Å². The van der Waals surface area contributed by atoms with Gasteiger partial charge in [-0.2, -0.15) is 0 Å². The average molecular weight is 362 g/mol. The lowest BCUT2D eigenvalue weighted by molar-refractivity contribution is -0.137. The second-order valence-electron chi connectivity index (χ2n) is 7.45. The molecule has 1 N–H and O–H groups in total. The van der Waals surface area contributed by atoms with Gasteiger partial charge >= 0.3 is 5.97 Å². The van der Waals surface area contributed by atoms with Gasteiger partial charge in [0.15, 0.2) is 0 Å². The van der Waals surface area contributed by atoms with E-state index in [-0.39, 0.29) is 6.42 Å². The van der Waals surface area contributed by atoms with Gasteiger partial charge in [0.2, 0.25) is 0 Å². The molecule has 0 saturated carbocycles. The molecule has 146 valence electrons. The second kappa shape index (κ2) is 11.9. The molecule has 26 heavy (non-hydrogen) atoms. The van der Waals surface area contributed by atoms with Crippen molar-refractivity contribution in [1.29, 1.82) is 0 Å². The highest BCUT2D eigenvalue weighted by molar-refractivity contribution is 5.66. The topological polar surface area (TPSA) is 49.8 Å². The zero-order valence-corrected chi connectivity index (χ0v) is 16.3. The Morgan fingerprint density at radius 2 is 1.88 bits per heavy atom. The SMILES string of the molecule is CCCCCCCCOc1cccc(C2CCN(CCC(=O)O)CC2)c1. The maximum Gasteiger partial charge on any atom is 0.304 e. The number of ether oxygens (including phenoxy) is 1. The summed E-state index contributed by atoms with van der Waals surface area (Å²) in [7, 11) is 0. The number of carboxylic acids is 1. The van der Waals surface area contributed by atoms with Crippen LogP contribution in [0.1, 0.15) is 76.2 Å². The molecule has 4 nitrogen and oxygen atoms in total. The fraction of sp³-hybridized carbons (Fsp3) is 0.682. The third kappa shape index (κ3) is 7.77. The summed E-state index contributed by atoms with van der Waals surface area (Å²) in [6.45, 7) is 5.70. The molecule has 1 aromatic carbocycles. The van der Waals surface area contributed by atoms with E-state index in [1.165, 1.54) is 37.7 Å². The van der Waals surface area contributed by atoms with E-state index < -0.39 is 5.97 Å². The van der Waals surface area contributed by atoms with E-state index in [1.807, 2.05) is 0 Å². The third-order valence-corrected chi connectivity index (χ3v) is 5.33. The van der Waals surface area contributed by atoms with Crippen LogP contribution in [0.5, 0.6) is 5.75 Å². The van der Waals surface area contributed by atoms with Crippen LogP contribution in [0.15, 0.2) is 24.3 Å². The monoisotopic (exact) mass is 361 g/mol. The van der Waals surface area contributed by atoms with Gasteiger partial charge in [-0.05, 0) is 56.0 Å². The molecular formula is C22H35NO3. The van der Waals surface area contributed by atoms with Crippen LogP contribution in [-0.4, -0.2) is 42.2 Å². The first-order valence-corrected chi connectivity index (χ1v) is 10.4. The van der Waals surface area contributed by atoms with Crippen LogP contribution >= 0.6 is 0 Å². The molecule has 1 aliphatic heterocycles. The van der Waals surface area contributed by atoms with Gasteiger partial charge in [-0.1, -0.05) is 51.2 Å². The van der Waals surface area contributed by atoms with Crippen LogP contribution in [0, 0.1) is 0 Å². The number of benzene rings is 1. The van der Waals surface area contributed by atoms with Crippen molar-refractivity contribution in [3.8, 4) is 5.75 Å². The Bertz CT molecular complexity index is 524. The summed E-state index contributed by atoms with van der Waals surface area (Å²) < 4.78 is 5.95. The van der Waals surface area contributed by atoms with Crippen molar-refractivity contribution in [1.82, 2.24) is 4.90 Å². The molecule has 0 amide bonds. The number of piperidine rings is 1. The lowest BCUT2D eigenvalue weighted by Crippen LogP contribution is -2.34. The second-order valence-corrected chi connectivity index (χ2v) is 7.45. The summed E-state index contributed by atoms with van der Waals surface area (Å²) >= 11 is 0. The van der Waals surface area contributed by atoms with E-state index in [1.54, 1.807) is 0 Å². The summed E-state index contributed by atoms with van der Waals surface area (Å²) in [4.78, 5) is 13.0. The maximum atomic E-state index is 10.7. The fourth-order valence-electron chi connectivity index (χ4n) is 3.67. The zero-order valence-electron chi connectivity index (χ0n) is 16.3. The van der Waals surface area contributed by atoms with Crippen molar-refractivity contribution in [3.05, 3.63) is 29.8 Å². The molecule has 0 unspecified atom stereocenters. The number of carbonyl (C=O) groups is 1. The van der Waals surface area contributed by atoms with E-state index in [4.69, 9.17) is 9.84 Å². The Morgan fingerprint density at radius 3 is 2.62 bits per heavy atom. The first-order chi connectivity index (χ1) is 12.7. The van der Waals surface area contributed by atoms with E-state index in [0.717, 1.165) is 44.7 Å². The van der Waals surface area contributed by atoms with Gasteiger partial charge in [-0.25, -0.2) is 0 Å². The van der Waals surface area contributed by atoms with E-state index >= 15 is 0 Å². The van der Waals surface area contributed by atoms with Crippen LogP contribution in [0.25, 0.3) is 0 Å². The number of likely N-dealkylation sites (tertiary alicyclic amines) is 1. The molecule has 1 heterocycles. The minimum Gasteiger partial charge on any atom is -0.494 e. The van der Waals surface area contributed by atoms with Crippen molar-refractivity contribution in [3.63, 3.8) is 0 Å². The third-order valence-electron chi connectivity index (χ3n) is 5.33. The Hall–Kier alpha value is -1.55. The minimum atomic E-state index is -0.706. The predicted molar refractivity (Wildman–Crippen MR) is 106 cm³/mol. The van der Waals surface area contributed by atoms with Crippen LogP contribution in [0.3, 0.4) is 0 Å². The van der Waals surface area contributed by atoms with Crippen molar-refractivity contribution in [2.24, 2.45) is 0 Å². The van der Waals surface area contributed by atoms with Gasteiger partial charge in [-0.3, -0.25) is 4.79 Å². The van der Waals surface area contributed by atoms with Gasteiger partial charge in [0.05, 0.1) is 13.0 Å². The van der Waals surface area contributed by atoms with Crippen molar-refractivity contribution >= 4 is 5.97 Å². The number of hydrogen-bond acceptors (Lipinski definition) is 3. The quantitative estimate of drug-likeness (QED) is 0.527. The van der Waals surface area contributed by atoms with E-state index in [0.29, 0.717) is 12.5 Å². The molecule has 0 bridgehead atoms. The number of unbranched alkanes of at least 4 members (excludes halogenated alkanes) is 5. The Kier molecular flexibility index (Phi) is 9.54. The molecule has 0 spiro atoms. The minimum absolute atomic E-state index is 0.242. The first kappa shape index (κ1) is 20.8.